The number of ether oxygens (including phenoxy) is 2. The third-order valence-corrected chi connectivity index (χ3v) is 11.6. The van der Waals surface area contributed by atoms with Gasteiger partial charge in [0.05, 0.1) is 13.2 Å². The monoisotopic (exact) mass is 460 g/mol. The van der Waals surface area contributed by atoms with Gasteiger partial charge in [0.2, 0.25) is 0 Å². The summed E-state index contributed by atoms with van der Waals surface area (Å²) in [5, 5.41) is 11.4. The van der Waals surface area contributed by atoms with Gasteiger partial charge in [-0.3, -0.25) is 9.59 Å². The zero-order valence-corrected chi connectivity index (χ0v) is 21.7. The lowest BCUT2D eigenvalue weighted by atomic mass is 9.34. The van der Waals surface area contributed by atoms with E-state index in [-0.39, 0.29) is 34.9 Å². The number of aliphatic hydroxyl groups is 1. The summed E-state index contributed by atoms with van der Waals surface area (Å²) in [6.45, 7) is 8.78. The Morgan fingerprint density at radius 3 is 2.52 bits per heavy atom. The maximum Gasteiger partial charge on any atom is 0.305 e. The Kier molecular flexibility index (Phi) is 6.74. The number of hydrogen-bond acceptors (Lipinski definition) is 5. The molecule has 33 heavy (non-hydrogen) atoms. The normalized spacial score (nSPS) is 47.6. The van der Waals surface area contributed by atoms with E-state index in [0.717, 1.165) is 32.1 Å². The SMILES string of the molecule is B[C@]12C[C@@H](OC(C)=O)CC[C@]1(C)[C@H]1CC[C@]3(C)[C@@H]([C@H](C)CCC(=O)OC)CC[C@H]3[C@@H]1C[C@H]2O. The van der Waals surface area contributed by atoms with Crippen molar-refractivity contribution in [1.29, 1.82) is 0 Å². The van der Waals surface area contributed by atoms with Gasteiger partial charge < -0.3 is 14.6 Å². The molecule has 4 saturated carbocycles. The highest BCUT2D eigenvalue weighted by Gasteiger charge is 2.66. The molecule has 0 aromatic rings. The van der Waals surface area contributed by atoms with E-state index in [2.05, 4.69) is 28.6 Å². The van der Waals surface area contributed by atoms with Gasteiger partial charge in [0.25, 0.3) is 0 Å². The van der Waals surface area contributed by atoms with E-state index in [0.29, 0.717) is 41.4 Å². The molecule has 0 saturated heterocycles. The fraction of sp³-hybridized carbons (Fsp3) is 0.926. The van der Waals surface area contributed by atoms with Crippen LogP contribution in [-0.2, 0) is 19.1 Å². The van der Waals surface area contributed by atoms with E-state index < -0.39 is 0 Å². The number of hydrogen-bond donors (Lipinski definition) is 1. The van der Waals surface area contributed by atoms with Crippen molar-refractivity contribution in [3.05, 3.63) is 0 Å². The molecular formula is C27H45BO5. The maximum atomic E-state index is 11.7. The van der Waals surface area contributed by atoms with Crippen molar-refractivity contribution in [3.63, 3.8) is 0 Å². The van der Waals surface area contributed by atoms with Crippen LogP contribution < -0.4 is 0 Å². The van der Waals surface area contributed by atoms with Crippen molar-refractivity contribution in [2.45, 2.75) is 109 Å². The molecule has 4 aliphatic rings. The molecule has 10 atom stereocenters. The van der Waals surface area contributed by atoms with E-state index in [9.17, 15) is 14.7 Å². The summed E-state index contributed by atoms with van der Waals surface area (Å²) in [4.78, 5) is 23.3. The lowest BCUT2D eigenvalue weighted by Gasteiger charge is -2.67. The van der Waals surface area contributed by atoms with Crippen molar-refractivity contribution >= 4 is 19.8 Å². The lowest BCUT2D eigenvalue weighted by Crippen LogP contribution is -2.61. The van der Waals surface area contributed by atoms with E-state index in [1.165, 1.54) is 39.7 Å². The summed E-state index contributed by atoms with van der Waals surface area (Å²) in [7, 11) is 3.74. The van der Waals surface area contributed by atoms with Gasteiger partial charge in [-0.05, 0) is 104 Å². The molecule has 0 heterocycles. The Morgan fingerprint density at radius 1 is 1.12 bits per heavy atom. The van der Waals surface area contributed by atoms with Crippen LogP contribution in [0.4, 0.5) is 0 Å². The average molecular weight is 460 g/mol. The zero-order chi connectivity index (χ0) is 24.2. The Labute approximate surface area is 201 Å². The molecule has 0 bridgehead atoms. The minimum atomic E-state index is -0.347. The summed E-state index contributed by atoms with van der Waals surface area (Å²) in [5.41, 5.74) is 0.386. The van der Waals surface area contributed by atoms with Gasteiger partial charge in [-0.2, -0.15) is 0 Å². The smallest absolute Gasteiger partial charge is 0.305 e. The van der Waals surface area contributed by atoms with Gasteiger partial charge >= 0.3 is 11.9 Å². The van der Waals surface area contributed by atoms with Crippen LogP contribution in [0.15, 0.2) is 0 Å². The number of fused-ring (bicyclic) bond motifs is 5. The fourth-order valence-electron chi connectivity index (χ4n) is 9.56. The van der Waals surface area contributed by atoms with Crippen molar-refractivity contribution in [2.75, 3.05) is 7.11 Å². The minimum absolute atomic E-state index is 0.0628. The predicted octanol–water partition coefficient (Wildman–Crippen LogP) is 4.31. The van der Waals surface area contributed by atoms with Crippen LogP contribution in [0.25, 0.3) is 0 Å². The van der Waals surface area contributed by atoms with Crippen molar-refractivity contribution in [2.24, 2.45) is 40.4 Å². The molecule has 0 amide bonds. The number of esters is 2. The van der Waals surface area contributed by atoms with Crippen LogP contribution in [0.3, 0.4) is 0 Å². The van der Waals surface area contributed by atoms with Gasteiger partial charge in [-0.15, -0.1) is 0 Å². The summed E-state index contributed by atoms with van der Waals surface area (Å²) in [6.07, 6.45) is 9.59. The fourth-order valence-corrected chi connectivity index (χ4v) is 9.56. The quantitative estimate of drug-likeness (QED) is 0.489. The highest BCUT2D eigenvalue weighted by Crippen LogP contribution is 2.73. The summed E-state index contributed by atoms with van der Waals surface area (Å²) in [6, 6.07) is 0. The molecule has 186 valence electrons. The predicted molar refractivity (Wildman–Crippen MR) is 130 cm³/mol. The molecular weight excluding hydrogens is 415 g/mol. The number of rotatable bonds is 5. The molecule has 5 nitrogen and oxygen atoms in total. The molecule has 1 N–H and O–H groups in total. The van der Waals surface area contributed by atoms with Crippen LogP contribution in [0.2, 0.25) is 5.31 Å². The Bertz CT molecular complexity index is 772. The largest absolute Gasteiger partial charge is 0.469 e. The van der Waals surface area contributed by atoms with Crippen molar-refractivity contribution in [3.8, 4) is 0 Å². The Balaban J connectivity index is 1.53. The first-order valence-corrected chi connectivity index (χ1v) is 13.4. The van der Waals surface area contributed by atoms with E-state index in [1.807, 2.05) is 0 Å². The van der Waals surface area contributed by atoms with Crippen molar-refractivity contribution < 1.29 is 24.2 Å². The van der Waals surface area contributed by atoms with Gasteiger partial charge in [-0.25, -0.2) is 0 Å². The van der Waals surface area contributed by atoms with E-state index >= 15 is 0 Å². The molecule has 0 aromatic heterocycles. The van der Waals surface area contributed by atoms with Gasteiger partial charge in [0, 0.05) is 13.3 Å². The molecule has 0 aromatic carbocycles. The number of carbonyl (C=O) groups excluding carboxylic acids is 2. The van der Waals surface area contributed by atoms with Gasteiger partial charge in [0.15, 0.2) is 0 Å². The van der Waals surface area contributed by atoms with Crippen LogP contribution in [-0.4, -0.2) is 44.2 Å². The molecule has 0 spiro atoms. The number of aliphatic hydroxyl groups excluding tert-OH is 1. The van der Waals surface area contributed by atoms with E-state index in [4.69, 9.17) is 9.47 Å². The Hall–Kier alpha value is -1.04. The second kappa shape index (κ2) is 8.88. The van der Waals surface area contributed by atoms with E-state index in [1.54, 1.807) is 0 Å². The third-order valence-electron chi connectivity index (χ3n) is 11.6. The lowest BCUT2D eigenvalue weighted by molar-refractivity contribution is -0.175. The topological polar surface area (TPSA) is 72.8 Å². The number of methoxy groups -OCH3 is 1. The molecule has 0 unspecified atom stereocenters. The van der Waals surface area contributed by atoms with Crippen LogP contribution in [0.1, 0.15) is 91.9 Å². The van der Waals surface area contributed by atoms with Crippen LogP contribution >= 0.6 is 0 Å². The van der Waals surface area contributed by atoms with Gasteiger partial charge in [-0.1, -0.05) is 20.8 Å². The molecule has 0 radical (unpaired) electrons. The van der Waals surface area contributed by atoms with Gasteiger partial charge in [0.1, 0.15) is 14.0 Å². The minimum Gasteiger partial charge on any atom is -0.469 e. The first-order chi connectivity index (χ1) is 15.5. The summed E-state index contributed by atoms with van der Waals surface area (Å²) in [5.74, 6) is 2.71. The number of carbonyl (C=O) groups is 2. The van der Waals surface area contributed by atoms with Crippen LogP contribution in [0, 0.1) is 40.4 Å². The maximum absolute atomic E-state index is 11.7. The summed E-state index contributed by atoms with van der Waals surface area (Å²) < 4.78 is 10.5. The molecule has 4 fully saturated rings. The van der Waals surface area contributed by atoms with Crippen molar-refractivity contribution in [1.82, 2.24) is 0 Å². The first kappa shape index (κ1) is 25.1. The highest BCUT2D eigenvalue weighted by molar-refractivity contribution is 6.16. The summed E-state index contributed by atoms with van der Waals surface area (Å²) >= 11 is 0. The third kappa shape index (κ3) is 3.96. The molecule has 4 aliphatic carbocycles. The molecule has 4 rings (SSSR count). The first-order valence-electron chi connectivity index (χ1n) is 13.4. The molecule has 0 aliphatic heterocycles. The molecule has 6 heteroatoms. The van der Waals surface area contributed by atoms with Crippen LogP contribution in [0.5, 0.6) is 0 Å². The average Bonchev–Trinajstić information content (AvgIpc) is 3.11. The Morgan fingerprint density at radius 2 is 1.85 bits per heavy atom. The highest BCUT2D eigenvalue weighted by atomic mass is 16.5. The second-order valence-electron chi connectivity index (χ2n) is 12.8. The second-order valence-corrected chi connectivity index (χ2v) is 12.8. The zero-order valence-electron chi connectivity index (χ0n) is 21.7. The standard InChI is InChI=1S/C27H45BO5/c1-16(6-9-24(31)32-5)20-7-8-21-19-14-23(30)27(28)15-18(33-17(2)29)10-13-26(27,4)22(19)11-12-25(20,21)3/h16,18-23,30H,6-15,28H2,1-5H3/t16-,18+,19+,20-,21+,22+,23-,25-,26-,27+/m1/s1.